The Labute approximate surface area is 137 Å². The second-order valence-corrected chi connectivity index (χ2v) is 6.37. The van der Waals surface area contributed by atoms with Crippen molar-refractivity contribution in [1.29, 1.82) is 0 Å². The van der Waals surface area contributed by atoms with E-state index in [1.165, 1.54) is 0 Å². The number of hydrogen-bond donors (Lipinski definition) is 2. The van der Waals surface area contributed by atoms with E-state index in [-0.39, 0.29) is 12.5 Å². The van der Waals surface area contributed by atoms with E-state index < -0.39 is 17.5 Å². The predicted molar refractivity (Wildman–Crippen MR) is 86.4 cm³/mol. The first-order valence-corrected chi connectivity index (χ1v) is 7.76. The molecule has 1 aliphatic heterocycles. The molecule has 0 bridgehead atoms. The van der Waals surface area contributed by atoms with E-state index >= 15 is 0 Å². The van der Waals surface area contributed by atoms with Crippen LogP contribution in [0.1, 0.15) is 25.8 Å². The quantitative estimate of drug-likeness (QED) is 0.802. The smallest absolute Gasteiger partial charge is 0.325 e. The van der Waals surface area contributed by atoms with Gasteiger partial charge in [-0.25, -0.2) is 4.79 Å². The Hall–Kier alpha value is -1.89. The van der Waals surface area contributed by atoms with Crippen LogP contribution < -0.4 is 10.6 Å². The summed E-state index contributed by atoms with van der Waals surface area (Å²) >= 11 is 3.38. The highest BCUT2D eigenvalue weighted by atomic mass is 79.9. The Morgan fingerprint density at radius 3 is 2.64 bits per heavy atom. The van der Waals surface area contributed by atoms with Crippen LogP contribution in [0.25, 0.3) is 0 Å². The number of carbonyl (C=O) groups excluding carboxylic acids is 3. The maximum Gasteiger partial charge on any atom is 0.325 e. The molecule has 1 aromatic carbocycles. The van der Waals surface area contributed by atoms with Crippen molar-refractivity contribution >= 4 is 39.5 Å². The van der Waals surface area contributed by atoms with Gasteiger partial charge in [0, 0.05) is 10.2 Å². The summed E-state index contributed by atoms with van der Waals surface area (Å²) in [4.78, 5) is 37.1. The largest absolute Gasteiger partial charge is 0.325 e. The van der Waals surface area contributed by atoms with Gasteiger partial charge in [-0.15, -0.1) is 0 Å². The molecular formula is C15H18BrN3O3. The molecule has 118 valence electrons. The number of hydrogen-bond acceptors (Lipinski definition) is 3. The first-order valence-electron chi connectivity index (χ1n) is 6.97. The summed E-state index contributed by atoms with van der Waals surface area (Å²) in [6.07, 6.45) is 0.474. The van der Waals surface area contributed by atoms with Gasteiger partial charge in [0.15, 0.2) is 0 Å². The standard InChI is InChI=1S/C15H18BrN3O3/c1-4-15(3)13(21)19(14(22)18-15)8-12(20)17-10-5-6-11(16)9(2)7-10/h5-7H,4,8H2,1-3H3,(H,17,20)(H,18,22)/t15-/m0/s1. The molecule has 1 heterocycles. The summed E-state index contributed by atoms with van der Waals surface area (Å²) in [5.74, 6) is -0.785. The summed E-state index contributed by atoms with van der Waals surface area (Å²) in [5.41, 5.74) is 0.674. The van der Waals surface area contributed by atoms with Crippen molar-refractivity contribution in [2.45, 2.75) is 32.7 Å². The fraction of sp³-hybridized carbons (Fsp3) is 0.400. The monoisotopic (exact) mass is 367 g/mol. The molecule has 0 radical (unpaired) electrons. The summed E-state index contributed by atoms with van der Waals surface area (Å²) in [7, 11) is 0. The highest BCUT2D eigenvalue weighted by molar-refractivity contribution is 9.10. The van der Waals surface area contributed by atoms with Crippen molar-refractivity contribution in [3.8, 4) is 0 Å². The van der Waals surface area contributed by atoms with Crippen molar-refractivity contribution in [3.63, 3.8) is 0 Å². The summed E-state index contributed by atoms with van der Waals surface area (Å²) in [6, 6.07) is 4.85. The van der Waals surface area contributed by atoms with E-state index in [2.05, 4.69) is 26.6 Å². The first-order chi connectivity index (χ1) is 10.3. The molecular weight excluding hydrogens is 350 g/mol. The van der Waals surface area contributed by atoms with Crippen molar-refractivity contribution < 1.29 is 14.4 Å². The van der Waals surface area contributed by atoms with Crippen LogP contribution in [0.15, 0.2) is 22.7 Å². The number of anilines is 1. The lowest BCUT2D eigenvalue weighted by molar-refractivity contribution is -0.133. The molecule has 1 aliphatic rings. The number of aryl methyl sites for hydroxylation is 1. The van der Waals surface area contributed by atoms with E-state index in [9.17, 15) is 14.4 Å². The molecule has 2 rings (SSSR count). The lowest BCUT2D eigenvalue weighted by Crippen LogP contribution is -2.44. The molecule has 6 nitrogen and oxygen atoms in total. The highest BCUT2D eigenvalue weighted by Crippen LogP contribution is 2.22. The zero-order valence-corrected chi connectivity index (χ0v) is 14.3. The summed E-state index contributed by atoms with van der Waals surface area (Å²) < 4.78 is 0.943. The third-order valence-corrected chi connectivity index (χ3v) is 4.69. The van der Waals surface area contributed by atoms with Gasteiger partial charge in [0.1, 0.15) is 12.1 Å². The molecule has 1 atom stereocenters. The first kappa shape index (κ1) is 16.5. The van der Waals surface area contributed by atoms with Gasteiger partial charge in [-0.2, -0.15) is 0 Å². The SMILES string of the molecule is CC[C@]1(C)NC(=O)N(CC(=O)Nc2ccc(Br)c(C)c2)C1=O. The third kappa shape index (κ3) is 3.14. The predicted octanol–water partition coefficient (Wildman–Crippen LogP) is 2.42. The molecule has 0 aromatic heterocycles. The molecule has 1 fully saturated rings. The number of nitrogens with zero attached hydrogens (tertiary/aromatic N) is 1. The Bertz CT molecular complexity index is 647. The van der Waals surface area contributed by atoms with E-state index in [1.807, 2.05) is 26.0 Å². The van der Waals surface area contributed by atoms with Gasteiger partial charge in [0.25, 0.3) is 5.91 Å². The Balaban J connectivity index is 2.04. The third-order valence-electron chi connectivity index (χ3n) is 3.80. The number of benzene rings is 1. The van der Waals surface area contributed by atoms with Gasteiger partial charge in [0.2, 0.25) is 5.91 Å². The average molecular weight is 368 g/mol. The Morgan fingerprint density at radius 1 is 1.41 bits per heavy atom. The van der Waals surface area contributed by atoms with Crippen LogP contribution in [-0.2, 0) is 9.59 Å². The van der Waals surface area contributed by atoms with Crippen molar-refractivity contribution in [3.05, 3.63) is 28.2 Å². The number of rotatable bonds is 4. The Kier molecular flexibility index (Phi) is 4.55. The minimum atomic E-state index is -0.925. The number of halogens is 1. The van der Waals surface area contributed by atoms with Gasteiger partial charge >= 0.3 is 6.03 Å². The second-order valence-electron chi connectivity index (χ2n) is 5.52. The molecule has 22 heavy (non-hydrogen) atoms. The molecule has 7 heteroatoms. The molecule has 1 saturated heterocycles. The average Bonchev–Trinajstić information content (AvgIpc) is 2.67. The van der Waals surface area contributed by atoms with Crippen molar-refractivity contribution in [2.24, 2.45) is 0 Å². The molecule has 0 spiro atoms. The van der Waals surface area contributed by atoms with E-state index in [0.29, 0.717) is 12.1 Å². The molecule has 2 N–H and O–H groups in total. The van der Waals surface area contributed by atoms with Crippen LogP contribution in [0, 0.1) is 6.92 Å². The zero-order valence-electron chi connectivity index (χ0n) is 12.7. The van der Waals surface area contributed by atoms with Crippen molar-refractivity contribution in [1.82, 2.24) is 10.2 Å². The summed E-state index contributed by atoms with van der Waals surface area (Å²) in [6.45, 7) is 5.08. The molecule has 4 amide bonds. The highest BCUT2D eigenvalue weighted by Gasteiger charge is 2.46. The van der Waals surface area contributed by atoms with Gasteiger partial charge in [0.05, 0.1) is 0 Å². The topological polar surface area (TPSA) is 78.5 Å². The van der Waals surface area contributed by atoms with E-state index in [4.69, 9.17) is 0 Å². The number of nitrogens with one attached hydrogen (secondary N) is 2. The lowest BCUT2D eigenvalue weighted by atomic mass is 9.99. The number of imide groups is 1. The fourth-order valence-electron chi connectivity index (χ4n) is 2.20. The molecule has 1 aromatic rings. The van der Waals surface area contributed by atoms with Gasteiger partial charge in [-0.05, 0) is 44.0 Å². The molecule has 0 unspecified atom stereocenters. The van der Waals surface area contributed by atoms with Crippen LogP contribution in [-0.4, -0.2) is 34.8 Å². The van der Waals surface area contributed by atoms with Crippen LogP contribution in [0.5, 0.6) is 0 Å². The second kappa shape index (κ2) is 6.08. The van der Waals surface area contributed by atoms with Gasteiger partial charge in [-0.1, -0.05) is 22.9 Å². The maximum absolute atomic E-state index is 12.2. The fourth-order valence-corrected chi connectivity index (χ4v) is 2.44. The number of amides is 4. The number of carbonyl (C=O) groups is 3. The zero-order chi connectivity index (χ0) is 16.5. The van der Waals surface area contributed by atoms with E-state index in [1.54, 1.807) is 13.0 Å². The molecule has 0 aliphatic carbocycles. The van der Waals surface area contributed by atoms with Crippen molar-refractivity contribution in [2.75, 3.05) is 11.9 Å². The normalized spacial score (nSPS) is 21.0. The number of urea groups is 1. The van der Waals surface area contributed by atoms with Gasteiger partial charge in [-0.3, -0.25) is 14.5 Å². The minimum Gasteiger partial charge on any atom is -0.325 e. The Morgan fingerprint density at radius 2 is 2.09 bits per heavy atom. The lowest BCUT2D eigenvalue weighted by Gasteiger charge is -2.19. The van der Waals surface area contributed by atoms with Gasteiger partial charge < -0.3 is 10.6 Å². The van der Waals surface area contributed by atoms with Crippen LogP contribution in [0.3, 0.4) is 0 Å². The molecule has 0 saturated carbocycles. The van der Waals surface area contributed by atoms with E-state index in [0.717, 1.165) is 14.9 Å². The minimum absolute atomic E-state index is 0.296. The maximum atomic E-state index is 12.2. The van der Waals surface area contributed by atoms with Crippen LogP contribution in [0.4, 0.5) is 10.5 Å². The van der Waals surface area contributed by atoms with Crippen LogP contribution in [0.2, 0.25) is 0 Å². The van der Waals surface area contributed by atoms with Crippen LogP contribution >= 0.6 is 15.9 Å². The summed E-state index contributed by atoms with van der Waals surface area (Å²) in [5, 5.41) is 5.31.